The molecule has 0 N–H and O–H groups in total. The van der Waals surface area contributed by atoms with E-state index in [-0.39, 0.29) is 5.92 Å². The third kappa shape index (κ3) is 3.08. The lowest BCUT2D eigenvalue weighted by Gasteiger charge is -2.17. The largest absolute Gasteiger partial charge is 0.497 e. The molecule has 0 spiro atoms. The second kappa shape index (κ2) is 6.74. The van der Waals surface area contributed by atoms with Gasteiger partial charge in [0, 0.05) is 13.1 Å². The minimum absolute atomic E-state index is 0.219. The van der Waals surface area contributed by atoms with Crippen LogP contribution in [0.2, 0.25) is 0 Å². The number of nitrogens with zero attached hydrogens (tertiary/aromatic N) is 1. The van der Waals surface area contributed by atoms with E-state index in [2.05, 4.69) is 0 Å². The Balaban J connectivity index is 1.57. The summed E-state index contributed by atoms with van der Waals surface area (Å²) in [6, 6.07) is 21.1. The number of hydrogen-bond acceptors (Lipinski definition) is 3. The molecule has 3 aromatic carbocycles. The maximum absolute atomic E-state index is 13.1. The zero-order valence-corrected chi connectivity index (χ0v) is 15.4. The zero-order valence-electron chi connectivity index (χ0n) is 14.6. The van der Waals surface area contributed by atoms with E-state index in [1.54, 1.807) is 23.5 Å². The molecule has 4 rings (SSSR count). The van der Waals surface area contributed by atoms with Gasteiger partial charge < -0.3 is 4.74 Å². The molecule has 1 aliphatic rings. The van der Waals surface area contributed by atoms with Gasteiger partial charge in [-0.1, -0.05) is 42.5 Å². The van der Waals surface area contributed by atoms with Gasteiger partial charge in [0.1, 0.15) is 5.75 Å². The van der Waals surface area contributed by atoms with E-state index in [0.29, 0.717) is 18.0 Å². The normalized spacial score (nSPS) is 18.3. The van der Waals surface area contributed by atoms with Crippen LogP contribution in [0.1, 0.15) is 17.9 Å². The van der Waals surface area contributed by atoms with Crippen molar-refractivity contribution in [2.45, 2.75) is 17.2 Å². The van der Waals surface area contributed by atoms with Gasteiger partial charge >= 0.3 is 0 Å². The molecule has 0 amide bonds. The van der Waals surface area contributed by atoms with Crippen molar-refractivity contribution in [3.05, 3.63) is 72.3 Å². The molecular formula is C21H21NO3S. The lowest BCUT2D eigenvalue weighted by Crippen LogP contribution is -2.28. The lowest BCUT2D eigenvalue weighted by molar-refractivity contribution is 0.414. The highest BCUT2D eigenvalue weighted by Crippen LogP contribution is 2.32. The number of benzene rings is 3. The quantitative estimate of drug-likeness (QED) is 0.699. The highest BCUT2D eigenvalue weighted by atomic mass is 32.2. The summed E-state index contributed by atoms with van der Waals surface area (Å²) in [5.74, 6) is 1.03. The Labute approximate surface area is 154 Å². The topological polar surface area (TPSA) is 46.6 Å². The van der Waals surface area contributed by atoms with Gasteiger partial charge in [-0.15, -0.1) is 0 Å². The summed E-state index contributed by atoms with van der Waals surface area (Å²) < 4.78 is 32.9. The van der Waals surface area contributed by atoms with Gasteiger partial charge in [-0.05, 0) is 52.9 Å². The van der Waals surface area contributed by atoms with E-state index < -0.39 is 10.0 Å². The number of fused-ring (bicyclic) bond motifs is 1. The number of methoxy groups -OCH3 is 1. The Bertz CT molecular complexity index is 1030. The molecule has 5 heteroatoms. The van der Waals surface area contributed by atoms with E-state index in [1.807, 2.05) is 54.6 Å². The molecule has 1 aliphatic heterocycles. The van der Waals surface area contributed by atoms with Crippen molar-refractivity contribution < 1.29 is 13.2 Å². The SMILES string of the molecule is COc1ccc(C2CCN(S(=O)(=O)c3ccc4ccccc4c3)C2)cc1. The molecule has 1 atom stereocenters. The van der Waals surface area contributed by atoms with Crippen molar-refractivity contribution >= 4 is 20.8 Å². The van der Waals surface area contributed by atoms with Gasteiger partial charge in [-0.25, -0.2) is 8.42 Å². The van der Waals surface area contributed by atoms with Crippen molar-refractivity contribution in [1.29, 1.82) is 0 Å². The maximum Gasteiger partial charge on any atom is 0.243 e. The van der Waals surface area contributed by atoms with Crippen LogP contribution in [0.15, 0.2) is 71.6 Å². The fourth-order valence-electron chi connectivity index (χ4n) is 3.57. The molecule has 3 aromatic rings. The van der Waals surface area contributed by atoms with Gasteiger partial charge in [0.25, 0.3) is 0 Å². The van der Waals surface area contributed by atoms with Crippen molar-refractivity contribution in [2.24, 2.45) is 0 Å². The fourth-order valence-corrected chi connectivity index (χ4v) is 5.11. The van der Waals surface area contributed by atoms with E-state index in [1.165, 1.54) is 0 Å². The number of rotatable bonds is 4. The minimum atomic E-state index is -3.48. The predicted molar refractivity (Wildman–Crippen MR) is 103 cm³/mol. The maximum atomic E-state index is 13.1. The first-order valence-electron chi connectivity index (χ1n) is 8.71. The number of sulfonamides is 1. The second-order valence-corrected chi connectivity index (χ2v) is 8.57. The Kier molecular flexibility index (Phi) is 4.42. The summed E-state index contributed by atoms with van der Waals surface area (Å²) in [4.78, 5) is 0.367. The van der Waals surface area contributed by atoms with Gasteiger partial charge in [0.15, 0.2) is 0 Å². The van der Waals surface area contributed by atoms with Crippen LogP contribution in [0.3, 0.4) is 0 Å². The Morgan fingerprint density at radius 1 is 0.962 bits per heavy atom. The fraction of sp³-hybridized carbons (Fsp3) is 0.238. The molecule has 0 aromatic heterocycles. The van der Waals surface area contributed by atoms with Crippen LogP contribution < -0.4 is 4.74 Å². The van der Waals surface area contributed by atoms with Gasteiger partial charge in [0.2, 0.25) is 10.0 Å². The Hall–Kier alpha value is -2.37. The summed E-state index contributed by atoms with van der Waals surface area (Å²) in [6.07, 6.45) is 0.832. The third-order valence-corrected chi connectivity index (χ3v) is 6.96. The Morgan fingerprint density at radius 3 is 2.42 bits per heavy atom. The van der Waals surface area contributed by atoms with Crippen molar-refractivity contribution in [2.75, 3.05) is 20.2 Å². The van der Waals surface area contributed by atoms with Crippen molar-refractivity contribution in [3.8, 4) is 5.75 Å². The highest BCUT2D eigenvalue weighted by molar-refractivity contribution is 7.89. The van der Waals surface area contributed by atoms with Crippen molar-refractivity contribution in [1.82, 2.24) is 4.31 Å². The average molecular weight is 367 g/mol. The van der Waals surface area contributed by atoms with Crippen LogP contribution in [0.25, 0.3) is 10.8 Å². The molecule has 26 heavy (non-hydrogen) atoms. The Morgan fingerprint density at radius 2 is 1.69 bits per heavy atom. The zero-order chi connectivity index (χ0) is 18.1. The summed E-state index contributed by atoms with van der Waals surface area (Å²) in [5.41, 5.74) is 1.15. The molecule has 0 radical (unpaired) electrons. The molecule has 4 nitrogen and oxygen atoms in total. The van der Waals surface area contributed by atoms with Gasteiger partial charge in [0.05, 0.1) is 12.0 Å². The molecule has 1 saturated heterocycles. The first-order valence-corrected chi connectivity index (χ1v) is 10.1. The van der Waals surface area contributed by atoms with E-state index in [9.17, 15) is 8.42 Å². The van der Waals surface area contributed by atoms with Gasteiger partial charge in [-0.2, -0.15) is 4.31 Å². The number of hydrogen-bond donors (Lipinski definition) is 0. The molecule has 1 fully saturated rings. The standard InChI is InChI=1S/C21H21NO3S/c1-25-20-9-6-17(7-10-20)19-12-13-22(15-19)26(23,24)21-11-8-16-4-2-3-5-18(16)14-21/h2-11,14,19H,12-13,15H2,1H3. The highest BCUT2D eigenvalue weighted by Gasteiger charge is 2.33. The first kappa shape index (κ1) is 17.1. The summed E-state index contributed by atoms with van der Waals surface area (Å²) >= 11 is 0. The van der Waals surface area contributed by atoms with Crippen LogP contribution >= 0.6 is 0 Å². The predicted octanol–water partition coefficient (Wildman–Crippen LogP) is 4.03. The summed E-state index contributed by atoms with van der Waals surface area (Å²) in [7, 11) is -1.83. The summed E-state index contributed by atoms with van der Waals surface area (Å²) in [6.45, 7) is 1.06. The van der Waals surface area contributed by atoms with Crippen LogP contribution in [-0.4, -0.2) is 32.9 Å². The van der Waals surface area contributed by atoms with Crippen LogP contribution in [0, 0.1) is 0 Å². The average Bonchev–Trinajstić information content (AvgIpc) is 3.19. The molecular weight excluding hydrogens is 346 g/mol. The molecule has 134 valence electrons. The molecule has 1 heterocycles. The third-order valence-electron chi connectivity index (χ3n) is 5.10. The van der Waals surface area contributed by atoms with Gasteiger partial charge in [-0.3, -0.25) is 0 Å². The van der Waals surface area contributed by atoms with Crippen LogP contribution in [-0.2, 0) is 10.0 Å². The van der Waals surface area contributed by atoms with Crippen LogP contribution in [0.5, 0.6) is 5.75 Å². The van der Waals surface area contributed by atoms with Crippen LogP contribution in [0.4, 0.5) is 0 Å². The van der Waals surface area contributed by atoms with E-state index in [4.69, 9.17) is 4.74 Å². The molecule has 0 saturated carbocycles. The molecule has 0 aliphatic carbocycles. The lowest BCUT2D eigenvalue weighted by atomic mass is 9.99. The van der Waals surface area contributed by atoms with Crippen molar-refractivity contribution in [3.63, 3.8) is 0 Å². The number of ether oxygens (including phenoxy) is 1. The summed E-state index contributed by atoms with van der Waals surface area (Å²) in [5, 5.41) is 1.99. The van der Waals surface area contributed by atoms with E-state index in [0.717, 1.165) is 28.5 Å². The minimum Gasteiger partial charge on any atom is -0.497 e. The molecule has 0 bridgehead atoms. The first-order chi connectivity index (χ1) is 12.6. The second-order valence-electron chi connectivity index (χ2n) is 6.63. The van der Waals surface area contributed by atoms with E-state index >= 15 is 0 Å². The monoisotopic (exact) mass is 367 g/mol. The smallest absolute Gasteiger partial charge is 0.243 e. The molecule has 1 unspecified atom stereocenters.